The predicted octanol–water partition coefficient (Wildman–Crippen LogP) is 3.43. The van der Waals surface area contributed by atoms with E-state index in [0.29, 0.717) is 34.2 Å². The number of pyridine rings is 2. The lowest BCUT2D eigenvalue weighted by atomic mass is 10.0. The summed E-state index contributed by atoms with van der Waals surface area (Å²) in [5.74, 6) is -0.837. The molecule has 0 fully saturated rings. The summed E-state index contributed by atoms with van der Waals surface area (Å²) in [7, 11) is 2.65. The number of aromatic nitrogens is 2. The lowest BCUT2D eigenvalue weighted by Crippen LogP contribution is -2.08. The molecule has 0 aliphatic heterocycles. The molecule has 7 nitrogen and oxygen atoms in total. The second-order valence-electron chi connectivity index (χ2n) is 5.90. The van der Waals surface area contributed by atoms with Crippen LogP contribution in [0.25, 0.3) is 6.08 Å². The van der Waals surface area contributed by atoms with Crippen molar-refractivity contribution in [2.75, 3.05) is 14.2 Å². The first-order valence-electron chi connectivity index (χ1n) is 8.40. The number of ether oxygens (including phenoxy) is 2. The highest BCUT2D eigenvalue weighted by Gasteiger charge is 2.14. The second-order valence-corrected chi connectivity index (χ2v) is 5.90. The van der Waals surface area contributed by atoms with E-state index in [0.717, 1.165) is 16.8 Å². The Hall–Kier alpha value is -3.35. The molecule has 2 rings (SSSR count). The SMILES string of the molecule is C=Cc1c(C)ncc(C(=O)OC)c1C.COC(=O)c1cnc(C)c(C=O)c1C. The molecule has 0 unspecified atom stereocenters. The van der Waals surface area contributed by atoms with Gasteiger partial charge in [0.25, 0.3) is 0 Å². The Morgan fingerprint density at radius 2 is 1.25 bits per heavy atom. The van der Waals surface area contributed by atoms with Gasteiger partial charge in [-0.3, -0.25) is 14.8 Å². The van der Waals surface area contributed by atoms with Gasteiger partial charge in [-0.1, -0.05) is 12.7 Å². The molecule has 0 amide bonds. The highest BCUT2D eigenvalue weighted by Crippen LogP contribution is 2.17. The highest BCUT2D eigenvalue weighted by molar-refractivity contribution is 5.94. The van der Waals surface area contributed by atoms with Crippen LogP contribution in [-0.4, -0.2) is 42.4 Å². The molecule has 28 heavy (non-hydrogen) atoms. The van der Waals surface area contributed by atoms with Crippen LogP contribution in [0.1, 0.15) is 59.2 Å². The maximum absolute atomic E-state index is 11.3. The fraction of sp³-hybridized carbons (Fsp3) is 0.286. The van der Waals surface area contributed by atoms with Crippen molar-refractivity contribution < 1.29 is 23.9 Å². The maximum Gasteiger partial charge on any atom is 0.339 e. The van der Waals surface area contributed by atoms with Gasteiger partial charge in [-0.15, -0.1) is 0 Å². The minimum absolute atomic E-state index is 0.334. The topological polar surface area (TPSA) is 95.5 Å². The average molecular weight is 384 g/mol. The number of aldehydes is 1. The Morgan fingerprint density at radius 3 is 1.61 bits per heavy atom. The molecule has 0 saturated carbocycles. The quantitative estimate of drug-likeness (QED) is 0.588. The van der Waals surface area contributed by atoms with Crippen LogP contribution in [-0.2, 0) is 9.47 Å². The lowest BCUT2D eigenvalue weighted by molar-refractivity contribution is 0.0590. The van der Waals surface area contributed by atoms with E-state index in [1.807, 2.05) is 13.8 Å². The van der Waals surface area contributed by atoms with Crippen molar-refractivity contribution in [1.82, 2.24) is 9.97 Å². The first kappa shape index (κ1) is 22.7. The van der Waals surface area contributed by atoms with E-state index >= 15 is 0 Å². The molecule has 148 valence electrons. The summed E-state index contributed by atoms with van der Waals surface area (Å²) in [4.78, 5) is 41.3. The maximum atomic E-state index is 11.3. The van der Waals surface area contributed by atoms with E-state index in [-0.39, 0.29) is 5.97 Å². The number of carbonyl (C=O) groups excluding carboxylic acids is 3. The number of aryl methyl sites for hydroxylation is 2. The second kappa shape index (κ2) is 10.1. The van der Waals surface area contributed by atoms with Crippen molar-refractivity contribution in [1.29, 1.82) is 0 Å². The van der Waals surface area contributed by atoms with Crippen LogP contribution in [0.5, 0.6) is 0 Å². The van der Waals surface area contributed by atoms with Gasteiger partial charge in [-0.2, -0.15) is 0 Å². The lowest BCUT2D eigenvalue weighted by Gasteiger charge is -2.08. The Kier molecular flexibility index (Phi) is 8.19. The molecule has 2 aromatic heterocycles. The molecular weight excluding hydrogens is 360 g/mol. The van der Waals surface area contributed by atoms with Crippen LogP contribution in [0.2, 0.25) is 0 Å². The Balaban J connectivity index is 0.000000280. The van der Waals surface area contributed by atoms with E-state index in [9.17, 15) is 14.4 Å². The molecule has 0 spiro atoms. The van der Waals surface area contributed by atoms with Crippen LogP contribution < -0.4 is 0 Å². The number of carbonyl (C=O) groups is 3. The summed E-state index contributed by atoms with van der Waals surface area (Å²) in [5.41, 5.74) is 5.13. The zero-order valence-corrected chi connectivity index (χ0v) is 17.0. The highest BCUT2D eigenvalue weighted by atomic mass is 16.5. The molecule has 2 heterocycles. The summed E-state index contributed by atoms with van der Waals surface area (Å²) in [6.45, 7) is 10.8. The molecule has 7 heteroatoms. The van der Waals surface area contributed by atoms with Gasteiger partial charge in [0.1, 0.15) is 0 Å². The van der Waals surface area contributed by atoms with Crippen LogP contribution >= 0.6 is 0 Å². The number of nitrogens with zero attached hydrogens (tertiary/aromatic N) is 2. The molecule has 0 aliphatic carbocycles. The summed E-state index contributed by atoms with van der Waals surface area (Å²) < 4.78 is 9.20. The normalized spacial score (nSPS) is 9.64. The molecule has 0 radical (unpaired) electrons. The van der Waals surface area contributed by atoms with Gasteiger partial charge in [-0.05, 0) is 44.4 Å². The molecule has 0 atom stereocenters. The Morgan fingerprint density at radius 1 is 0.857 bits per heavy atom. The molecule has 0 N–H and O–H groups in total. The van der Waals surface area contributed by atoms with Gasteiger partial charge in [-0.25, -0.2) is 9.59 Å². The third-order valence-electron chi connectivity index (χ3n) is 4.30. The van der Waals surface area contributed by atoms with Crippen LogP contribution in [0.3, 0.4) is 0 Å². The summed E-state index contributed by atoms with van der Waals surface area (Å²) in [6.07, 6.45) is 5.35. The predicted molar refractivity (Wildman–Crippen MR) is 106 cm³/mol. The van der Waals surface area contributed by atoms with E-state index in [2.05, 4.69) is 26.0 Å². The monoisotopic (exact) mass is 384 g/mol. The Labute approximate surface area is 164 Å². The van der Waals surface area contributed by atoms with Crippen molar-refractivity contribution in [2.45, 2.75) is 27.7 Å². The van der Waals surface area contributed by atoms with Gasteiger partial charge in [0.15, 0.2) is 6.29 Å². The van der Waals surface area contributed by atoms with Gasteiger partial charge in [0, 0.05) is 29.3 Å². The van der Waals surface area contributed by atoms with E-state index in [4.69, 9.17) is 0 Å². The van der Waals surface area contributed by atoms with Gasteiger partial charge in [0.2, 0.25) is 0 Å². The van der Waals surface area contributed by atoms with E-state index in [1.54, 1.807) is 19.9 Å². The minimum Gasteiger partial charge on any atom is -0.465 e. The number of hydrogen-bond donors (Lipinski definition) is 0. The van der Waals surface area contributed by atoms with Gasteiger partial charge >= 0.3 is 11.9 Å². The fourth-order valence-corrected chi connectivity index (χ4v) is 2.59. The first-order valence-corrected chi connectivity index (χ1v) is 8.40. The van der Waals surface area contributed by atoms with Crippen LogP contribution in [0.15, 0.2) is 19.0 Å². The minimum atomic E-state index is -0.474. The number of rotatable bonds is 4. The van der Waals surface area contributed by atoms with Crippen molar-refractivity contribution >= 4 is 24.3 Å². The summed E-state index contributed by atoms with van der Waals surface area (Å²) in [5, 5.41) is 0. The smallest absolute Gasteiger partial charge is 0.339 e. The molecule has 0 bridgehead atoms. The zero-order valence-electron chi connectivity index (χ0n) is 17.0. The molecule has 0 aliphatic rings. The summed E-state index contributed by atoms with van der Waals surface area (Å²) >= 11 is 0. The number of esters is 2. The van der Waals surface area contributed by atoms with Crippen molar-refractivity contribution in [3.8, 4) is 0 Å². The van der Waals surface area contributed by atoms with Crippen molar-refractivity contribution in [3.63, 3.8) is 0 Å². The Bertz CT molecular complexity index is 844. The molecule has 0 saturated heterocycles. The van der Waals surface area contributed by atoms with E-state index < -0.39 is 5.97 Å². The van der Waals surface area contributed by atoms with Gasteiger partial charge < -0.3 is 9.47 Å². The third kappa shape index (κ3) is 4.88. The van der Waals surface area contributed by atoms with Crippen molar-refractivity contribution in [3.05, 3.63) is 63.7 Å². The molecule has 2 aromatic rings. The standard InChI is InChI=1S/C11H13NO2.C10H11NO3/c1-5-9-7(2)10(11(13)14-4)6-12-8(9)3;1-6-8(10(13)14-3)4-11-7(2)9(6)5-12/h5-6H,1H2,2-4H3;4-5H,1-3H3. The molecular formula is C21H24N2O5. The number of hydrogen-bond acceptors (Lipinski definition) is 7. The fourth-order valence-electron chi connectivity index (χ4n) is 2.59. The van der Waals surface area contributed by atoms with E-state index in [1.165, 1.54) is 26.6 Å². The average Bonchev–Trinajstić information content (AvgIpc) is 2.68. The third-order valence-corrected chi connectivity index (χ3v) is 4.30. The zero-order chi connectivity index (χ0) is 21.4. The van der Waals surface area contributed by atoms with Crippen molar-refractivity contribution in [2.24, 2.45) is 0 Å². The molecule has 0 aromatic carbocycles. The van der Waals surface area contributed by atoms with Crippen LogP contribution in [0, 0.1) is 27.7 Å². The number of methoxy groups -OCH3 is 2. The van der Waals surface area contributed by atoms with Crippen LogP contribution in [0.4, 0.5) is 0 Å². The first-order chi connectivity index (χ1) is 13.2. The largest absolute Gasteiger partial charge is 0.465 e. The summed E-state index contributed by atoms with van der Waals surface area (Å²) in [6, 6.07) is 0. The van der Waals surface area contributed by atoms with Gasteiger partial charge in [0.05, 0.1) is 25.3 Å².